The van der Waals surface area contributed by atoms with Crippen molar-refractivity contribution in [1.29, 1.82) is 0 Å². The molecular formula is C20H22ClN3O3. The van der Waals surface area contributed by atoms with Crippen molar-refractivity contribution < 1.29 is 14.3 Å². The first-order valence-corrected chi connectivity index (χ1v) is 9.05. The number of nitrogens with zero attached hydrogens (tertiary/aromatic N) is 1. The Labute approximate surface area is 163 Å². The molecule has 2 amide bonds. The van der Waals surface area contributed by atoms with E-state index < -0.39 is 11.8 Å². The van der Waals surface area contributed by atoms with Gasteiger partial charge >= 0.3 is 11.8 Å². The second-order valence-electron chi connectivity index (χ2n) is 5.72. The Morgan fingerprint density at radius 1 is 1.15 bits per heavy atom. The smallest absolute Gasteiger partial charge is 0.329 e. The Bertz CT molecular complexity index is 794. The summed E-state index contributed by atoms with van der Waals surface area (Å²) < 4.78 is 5.60. The SMILES string of the molecule is CCCOc1ccc(Cl)cc1/C=N\NC(=O)C(=O)NCCc1ccccc1. The minimum absolute atomic E-state index is 0.364. The van der Waals surface area contributed by atoms with E-state index in [-0.39, 0.29) is 0 Å². The minimum Gasteiger partial charge on any atom is -0.493 e. The summed E-state index contributed by atoms with van der Waals surface area (Å²) in [4.78, 5) is 23.6. The zero-order valence-electron chi connectivity index (χ0n) is 15.1. The highest BCUT2D eigenvalue weighted by Gasteiger charge is 2.11. The predicted molar refractivity (Wildman–Crippen MR) is 106 cm³/mol. The van der Waals surface area contributed by atoms with E-state index in [2.05, 4.69) is 15.8 Å². The summed E-state index contributed by atoms with van der Waals surface area (Å²) in [5.74, 6) is -0.972. The number of hydrogen-bond donors (Lipinski definition) is 2. The lowest BCUT2D eigenvalue weighted by Gasteiger charge is -2.08. The number of rotatable bonds is 8. The molecule has 142 valence electrons. The molecule has 0 atom stereocenters. The topological polar surface area (TPSA) is 79.8 Å². The molecule has 6 nitrogen and oxygen atoms in total. The zero-order valence-corrected chi connectivity index (χ0v) is 15.8. The molecule has 0 unspecified atom stereocenters. The number of ether oxygens (including phenoxy) is 1. The van der Waals surface area contributed by atoms with Gasteiger partial charge in [-0.1, -0.05) is 48.9 Å². The van der Waals surface area contributed by atoms with Crippen molar-refractivity contribution in [2.24, 2.45) is 5.10 Å². The quantitative estimate of drug-likeness (QED) is 0.415. The minimum atomic E-state index is -0.836. The molecule has 0 saturated carbocycles. The summed E-state index contributed by atoms with van der Waals surface area (Å²) in [5.41, 5.74) is 3.89. The van der Waals surface area contributed by atoms with E-state index in [0.717, 1.165) is 12.0 Å². The van der Waals surface area contributed by atoms with Crippen LogP contribution < -0.4 is 15.5 Å². The molecule has 2 N–H and O–H groups in total. The normalized spacial score (nSPS) is 10.6. The summed E-state index contributed by atoms with van der Waals surface area (Å²) >= 11 is 5.98. The highest BCUT2D eigenvalue weighted by atomic mass is 35.5. The maximum atomic E-state index is 11.8. The van der Waals surface area contributed by atoms with E-state index in [1.54, 1.807) is 18.2 Å². The number of nitrogens with one attached hydrogen (secondary N) is 2. The Balaban J connectivity index is 1.83. The maximum absolute atomic E-state index is 11.8. The van der Waals surface area contributed by atoms with E-state index >= 15 is 0 Å². The summed E-state index contributed by atoms with van der Waals surface area (Å²) in [6.45, 7) is 2.92. The Morgan fingerprint density at radius 3 is 2.67 bits per heavy atom. The Hall–Kier alpha value is -2.86. The van der Waals surface area contributed by atoms with E-state index in [0.29, 0.717) is 35.9 Å². The number of carbonyl (C=O) groups excluding carboxylic acids is 2. The third kappa shape index (κ3) is 7.11. The Kier molecular flexibility index (Phi) is 8.32. The van der Waals surface area contributed by atoms with Crippen molar-refractivity contribution in [1.82, 2.24) is 10.7 Å². The maximum Gasteiger partial charge on any atom is 0.329 e. The van der Waals surface area contributed by atoms with Crippen molar-refractivity contribution >= 4 is 29.6 Å². The number of hydrazone groups is 1. The van der Waals surface area contributed by atoms with E-state index in [1.807, 2.05) is 37.3 Å². The molecule has 0 heterocycles. The van der Waals surface area contributed by atoms with Crippen LogP contribution in [0.15, 0.2) is 53.6 Å². The van der Waals surface area contributed by atoms with Gasteiger partial charge in [-0.2, -0.15) is 5.10 Å². The van der Waals surface area contributed by atoms with Gasteiger partial charge in [0.25, 0.3) is 0 Å². The lowest BCUT2D eigenvalue weighted by atomic mass is 10.1. The van der Waals surface area contributed by atoms with Crippen LogP contribution in [0.3, 0.4) is 0 Å². The van der Waals surface area contributed by atoms with Gasteiger partial charge in [-0.25, -0.2) is 5.43 Å². The van der Waals surface area contributed by atoms with E-state index in [9.17, 15) is 9.59 Å². The van der Waals surface area contributed by atoms with Crippen molar-refractivity contribution in [3.8, 4) is 5.75 Å². The number of benzene rings is 2. The molecule has 2 aromatic rings. The second kappa shape index (κ2) is 11.0. The van der Waals surface area contributed by atoms with Crippen molar-refractivity contribution in [2.45, 2.75) is 19.8 Å². The first-order chi connectivity index (χ1) is 13.1. The number of hydrogen-bond acceptors (Lipinski definition) is 4. The molecule has 2 aromatic carbocycles. The Morgan fingerprint density at radius 2 is 1.93 bits per heavy atom. The van der Waals surface area contributed by atoms with Crippen molar-refractivity contribution in [2.75, 3.05) is 13.2 Å². The highest BCUT2D eigenvalue weighted by molar-refractivity contribution is 6.35. The summed E-state index contributed by atoms with van der Waals surface area (Å²) in [7, 11) is 0. The molecule has 0 aliphatic heterocycles. The fourth-order valence-corrected chi connectivity index (χ4v) is 2.40. The number of halogens is 1. The van der Waals surface area contributed by atoms with Crippen molar-refractivity contribution in [3.63, 3.8) is 0 Å². The molecule has 0 bridgehead atoms. The molecule has 0 aromatic heterocycles. The van der Waals surface area contributed by atoms with Gasteiger partial charge in [0.05, 0.1) is 12.8 Å². The fraction of sp³-hybridized carbons (Fsp3) is 0.250. The molecule has 0 aliphatic carbocycles. The van der Waals surface area contributed by atoms with Gasteiger partial charge in [-0.15, -0.1) is 0 Å². The summed E-state index contributed by atoms with van der Waals surface area (Å²) in [5, 5.41) is 6.89. The monoisotopic (exact) mass is 387 g/mol. The van der Waals surface area contributed by atoms with Crippen LogP contribution in [0.2, 0.25) is 5.02 Å². The molecule has 27 heavy (non-hydrogen) atoms. The molecule has 0 saturated heterocycles. The molecule has 0 radical (unpaired) electrons. The first kappa shape index (κ1) is 20.5. The number of carbonyl (C=O) groups is 2. The molecule has 0 spiro atoms. The lowest BCUT2D eigenvalue weighted by Crippen LogP contribution is -2.38. The van der Waals surface area contributed by atoms with E-state index in [1.165, 1.54) is 6.21 Å². The van der Waals surface area contributed by atoms with Crippen LogP contribution in [0.1, 0.15) is 24.5 Å². The predicted octanol–water partition coefficient (Wildman–Crippen LogP) is 2.94. The molecular weight excluding hydrogens is 366 g/mol. The molecule has 0 fully saturated rings. The first-order valence-electron chi connectivity index (χ1n) is 8.67. The largest absolute Gasteiger partial charge is 0.493 e. The standard InChI is InChI=1S/C20H22ClN3O3/c1-2-12-27-18-9-8-17(21)13-16(18)14-23-24-20(26)19(25)22-11-10-15-6-4-3-5-7-15/h3-9,13-14H,2,10-12H2,1H3,(H,22,25)(H,24,26)/b23-14-. The lowest BCUT2D eigenvalue weighted by molar-refractivity contribution is -0.139. The average molecular weight is 388 g/mol. The van der Waals surface area contributed by atoms with Gasteiger partial charge in [0.15, 0.2) is 0 Å². The zero-order chi connectivity index (χ0) is 19.5. The number of amides is 2. The van der Waals surface area contributed by atoms with Crippen molar-refractivity contribution in [3.05, 3.63) is 64.7 Å². The summed E-state index contributed by atoms with van der Waals surface area (Å²) in [6.07, 6.45) is 2.90. The molecule has 7 heteroatoms. The third-order valence-electron chi connectivity index (χ3n) is 3.55. The van der Waals surface area contributed by atoms with Crippen LogP contribution in [-0.4, -0.2) is 31.2 Å². The van der Waals surface area contributed by atoms with Crippen LogP contribution in [0.25, 0.3) is 0 Å². The van der Waals surface area contributed by atoms with Crippen LogP contribution in [-0.2, 0) is 16.0 Å². The van der Waals surface area contributed by atoms with Gasteiger partial charge < -0.3 is 10.1 Å². The van der Waals surface area contributed by atoms with Crippen LogP contribution in [0.4, 0.5) is 0 Å². The molecule has 0 aliphatic rings. The average Bonchev–Trinajstić information content (AvgIpc) is 2.68. The van der Waals surface area contributed by atoms with Crippen LogP contribution >= 0.6 is 11.6 Å². The fourth-order valence-electron chi connectivity index (χ4n) is 2.22. The van der Waals surface area contributed by atoms with Gasteiger partial charge in [-0.3, -0.25) is 9.59 Å². The van der Waals surface area contributed by atoms with Gasteiger partial charge in [-0.05, 0) is 36.6 Å². The highest BCUT2D eigenvalue weighted by Crippen LogP contribution is 2.21. The van der Waals surface area contributed by atoms with Gasteiger partial charge in [0, 0.05) is 17.1 Å². The second-order valence-corrected chi connectivity index (χ2v) is 6.16. The van der Waals surface area contributed by atoms with Crippen LogP contribution in [0, 0.1) is 0 Å². The van der Waals surface area contributed by atoms with E-state index in [4.69, 9.17) is 16.3 Å². The van der Waals surface area contributed by atoms with Crippen LogP contribution in [0.5, 0.6) is 5.75 Å². The third-order valence-corrected chi connectivity index (χ3v) is 3.79. The van der Waals surface area contributed by atoms with Gasteiger partial charge in [0.1, 0.15) is 5.75 Å². The van der Waals surface area contributed by atoms with Gasteiger partial charge in [0.2, 0.25) is 0 Å². The summed E-state index contributed by atoms with van der Waals surface area (Å²) in [6, 6.07) is 14.8. The molecule has 2 rings (SSSR count).